The quantitative estimate of drug-likeness (QED) is 0.719. The van der Waals surface area contributed by atoms with Crippen LogP contribution >= 0.6 is 0 Å². The van der Waals surface area contributed by atoms with Gasteiger partial charge in [0.1, 0.15) is 11.4 Å². The maximum Gasteiger partial charge on any atom is 0.416 e. The van der Waals surface area contributed by atoms with Crippen molar-refractivity contribution in [2.24, 2.45) is 0 Å². The van der Waals surface area contributed by atoms with Gasteiger partial charge in [-0.1, -0.05) is 0 Å². The highest BCUT2D eigenvalue weighted by molar-refractivity contribution is 5.92. The maximum absolute atomic E-state index is 12.0. The zero-order chi connectivity index (χ0) is 14.2. The van der Waals surface area contributed by atoms with E-state index in [2.05, 4.69) is 9.84 Å². The summed E-state index contributed by atoms with van der Waals surface area (Å²) in [7, 11) is 1.29. The largest absolute Gasteiger partial charge is 0.464 e. The van der Waals surface area contributed by atoms with Crippen LogP contribution in [0.4, 0.5) is 10.6 Å². The minimum Gasteiger partial charge on any atom is -0.464 e. The van der Waals surface area contributed by atoms with E-state index in [1.54, 1.807) is 25.5 Å². The summed E-state index contributed by atoms with van der Waals surface area (Å²) in [5, 5.41) is 4.08. The first-order valence-electron chi connectivity index (χ1n) is 5.98. The molecule has 0 unspecified atom stereocenters. The van der Waals surface area contributed by atoms with Crippen LogP contribution in [-0.4, -0.2) is 41.1 Å². The fourth-order valence-electron chi connectivity index (χ4n) is 1.80. The molecule has 0 aromatic carbocycles. The molecule has 0 saturated heterocycles. The molecule has 7 nitrogen and oxygen atoms in total. The van der Waals surface area contributed by atoms with Gasteiger partial charge in [0.05, 0.1) is 20.2 Å². The first-order valence-corrected chi connectivity index (χ1v) is 5.98. The fraction of sp³-hybridized carbons (Fsp3) is 0.583. The van der Waals surface area contributed by atoms with Crippen LogP contribution in [0.5, 0.6) is 0 Å². The van der Waals surface area contributed by atoms with E-state index in [1.165, 1.54) is 18.1 Å². The second-order valence-electron chi connectivity index (χ2n) is 5.23. The number of carbonyl (C=O) groups excluding carboxylic acids is 2. The molecule has 0 N–H and O–H groups in total. The lowest BCUT2D eigenvalue weighted by atomic mass is 10.2. The highest BCUT2D eigenvalue weighted by Gasteiger charge is 2.31. The zero-order valence-electron chi connectivity index (χ0n) is 11.5. The number of amides is 1. The van der Waals surface area contributed by atoms with Crippen LogP contribution in [-0.2, 0) is 16.0 Å². The van der Waals surface area contributed by atoms with E-state index in [9.17, 15) is 9.59 Å². The van der Waals surface area contributed by atoms with Crippen molar-refractivity contribution in [3.05, 3.63) is 11.8 Å². The smallest absolute Gasteiger partial charge is 0.416 e. The second kappa shape index (κ2) is 4.56. The summed E-state index contributed by atoms with van der Waals surface area (Å²) in [5.41, 5.74) is -0.374. The van der Waals surface area contributed by atoms with Crippen molar-refractivity contribution in [2.75, 3.05) is 18.6 Å². The van der Waals surface area contributed by atoms with Crippen LogP contribution in [0, 0.1) is 0 Å². The van der Waals surface area contributed by atoms with E-state index in [-0.39, 0.29) is 5.69 Å². The Morgan fingerprint density at radius 1 is 1.32 bits per heavy atom. The van der Waals surface area contributed by atoms with Gasteiger partial charge in [-0.2, -0.15) is 5.10 Å². The number of anilines is 1. The molecule has 1 amide bonds. The normalized spacial score (nSPS) is 14.2. The van der Waals surface area contributed by atoms with Gasteiger partial charge in [-0.3, -0.25) is 4.90 Å². The van der Waals surface area contributed by atoms with Crippen molar-refractivity contribution in [2.45, 2.75) is 32.9 Å². The molecule has 0 bridgehead atoms. The summed E-state index contributed by atoms with van der Waals surface area (Å²) < 4.78 is 11.5. The Kier molecular flexibility index (Phi) is 3.21. The standard InChI is InChI=1S/C12H17N3O4/c1-12(2,3)19-11(17)14-5-6-15-9(14)7-8(13-15)10(16)18-4/h7H,5-6H2,1-4H3. The molecule has 0 fully saturated rings. The molecule has 2 heterocycles. The molecule has 19 heavy (non-hydrogen) atoms. The summed E-state index contributed by atoms with van der Waals surface area (Å²) in [4.78, 5) is 24.9. The molecule has 7 heteroatoms. The molecule has 0 atom stereocenters. The highest BCUT2D eigenvalue weighted by atomic mass is 16.6. The number of aromatic nitrogens is 2. The number of ether oxygens (including phenoxy) is 2. The van der Waals surface area contributed by atoms with Gasteiger partial charge >= 0.3 is 12.1 Å². The molecule has 2 rings (SSSR count). The predicted octanol–water partition coefficient (Wildman–Crippen LogP) is 1.42. The van der Waals surface area contributed by atoms with Gasteiger partial charge in [0.25, 0.3) is 0 Å². The average molecular weight is 267 g/mol. The summed E-state index contributed by atoms with van der Waals surface area (Å²) in [6, 6.07) is 1.53. The number of rotatable bonds is 1. The summed E-state index contributed by atoms with van der Waals surface area (Å²) in [6.07, 6.45) is -0.442. The molecule has 104 valence electrons. The van der Waals surface area contributed by atoms with E-state index >= 15 is 0 Å². The Bertz CT molecular complexity index is 516. The van der Waals surface area contributed by atoms with Gasteiger partial charge in [-0.05, 0) is 20.8 Å². The number of methoxy groups -OCH3 is 1. The Morgan fingerprint density at radius 2 is 2.00 bits per heavy atom. The van der Waals surface area contributed by atoms with E-state index in [0.717, 1.165) is 0 Å². The number of esters is 1. The lowest BCUT2D eigenvalue weighted by molar-refractivity contribution is 0.0574. The molecule has 0 aliphatic carbocycles. The van der Waals surface area contributed by atoms with Crippen LogP contribution < -0.4 is 4.90 Å². The third-order valence-corrected chi connectivity index (χ3v) is 2.58. The van der Waals surface area contributed by atoms with Crippen molar-refractivity contribution in [3.8, 4) is 0 Å². The van der Waals surface area contributed by atoms with E-state index in [4.69, 9.17) is 4.74 Å². The summed E-state index contributed by atoms with van der Waals surface area (Å²) in [6.45, 7) is 6.43. The first kappa shape index (κ1) is 13.4. The third kappa shape index (κ3) is 2.69. The number of fused-ring (bicyclic) bond motifs is 1. The van der Waals surface area contributed by atoms with Crippen molar-refractivity contribution in [1.82, 2.24) is 9.78 Å². The highest BCUT2D eigenvalue weighted by Crippen LogP contribution is 2.24. The fourth-order valence-corrected chi connectivity index (χ4v) is 1.80. The van der Waals surface area contributed by atoms with Crippen LogP contribution in [0.2, 0.25) is 0 Å². The second-order valence-corrected chi connectivity index (χ2v) is 5.23. The Hall–Kier alpha value is -2.05. The minimum atomic E-state index is -0.560. The molecular formula is C12H17N3O4. The molecule has 1 aromatic rings. The van der Waals surface area contributed by atoms with E-state index < -0.39 is 17.7 Å². The first-order chi connectivity index (χ1) is 8.81. The average Bonchev–Trinajstić information content (AvgIpc) is 2.83. The third-order valence-electron chi connectivity index (χ3n) is 2.58. The minimum absolute atomic E-state index is 0.186. The van der Waals surface area contributed by atoms with Crippen LogP contribution in [0.1, 0.15) is 31.3 Å². The van der Waals surface area contributed by atoms with Crippen molar-refractivity contribution in [1.29, 1.82) is 0 Å². The van der Waals surface area contributed by atoms with Gasteiger partial charge in [0.15, 0.2) is 5.69 Å². The van der Waals surface area contributed by atoms with Gasteiger partial charge in [-0.15, -0.1) is 0 Å². The molecule has 0 saturated carbocycles. The van der Waals surface area contributed by atoms with Crippen molar-refractivity contribution >= 4 is 17.9 Å². The number of nitrogens with zero attached hydrogens (tertiary/aromatic N) is 3. The molecule has 0 spiro atoms. The summed E-state index contributed by atoms with van der Waals surface area (Å²) in [5.74, 6) is 0.0284. The topological polar surface area (TPSA) is 73.7 Å². The molecular weight excluding hydrogens is 250 g/mol. The molecule has 1 aliphatic heterocycles. The number of carbonyl (C=O) groups is 2. The SMILES string of the molecule is COC(=O)c1cc2n(n1)CCN2C(=O)OC(C)(C)C. The predicted molar refractivity (Wildman–Crippen MR) is 67.1 cm³/mol. The molecule has 1 aliphatic rings. The van der Waals surface area contributed by atoms with Crippen LogP contribution in [0.3, 0.4) is 0 Å². The van der Waals surface area contributed by atoms with E-state index in [0.29, 0.717) is 18.9 Å². The van der Waals surface area contributed by atoms with E-state index in [1.807, 2.05) is 0 Å². The van der Waals surface area contributed by atoms with Crippen molar-refractivity contribution < 1.29 is 19.1 Å². The number of hydrogen-bond donors (Lipinski definition) is 0. The van der Waals surface area contributed by atoms with Gasteiger partial charge in [0.2, 0.25) is 0 Å². The Morgan fingerprint density at radius 3 is 2.58 bits per heavy atom. The zero-order valence-corrected chi connectivity index (χ0v) is 11.5. The lowest BCUT2D eigenvalue weighted by Gasteiger charge is -2.23. The number of hydrogen-bond acceptors (Lipinski definition) is 5. The van der Waals surface area contributed by atoms with Crippen LogP contribution in [0.15, 0.2) is 6.07 Å². The Labute approximate surface area is 111 Å². The van der Waals surface area contributed by atoms with Gasteiger partial charge in [0, 0.05) is 6.07 Å². The molecule has 1 aromatic heterocycles. The van der Waals surface area contributed by atoms with Gasteiger partial charge < -0.3 is 9.47 Å². The maximum atomic E-state index is 12.0. The van der Waals surface area contributed by atoms with Gasteiger partial charge in [-0.25, -0.2) is 14.3 Å². The van der Waals surface area contributed by atoms with Crippen molar-refractivity contribution in [3.63, 3.8) is 0 Å². The monoisotopic (exact) mass is 267 g/mol. The Balaban J connectivity index is 2.19. The lowest BCUT2D eigenvalue weighted by Crippen LogP contribution is -2.35. The summed E-state index contributed by atoms with van der Waals surface area (Å²) >= 11 is 0. The molecule has 0 radical (unpaired) electrons. The van der Waals surface area contributed by atoms with Crippen LogP contribution in [0.25, 0.3) is 0 Å².